The molecule has 18 rings (SSSR count). The fraction of sp³-hybridized carbons (Fsp3) is 0.667. The third-order valence-electron chi connectivity index (χ3n) is 18.8. The van der Waals surface area contributed by atoms with Crippen LogP contribution in [0, 0.1) is 0 Å². The summed E-state index contributed by atoms with van der Waals surface area (Å²) in [6.45, 7) is -5.48. The molecule has 0 aromatic rings. The average molecular weight is 1010 g/mol. The van der Waals surface area contributed by atoms with Crippen LogP contribution in [0.1, 0.15) is 0 Å². The lowest BCUT2D eigenvalue weighted by molar-refractivity contribution is -0.0210. The Balaban J connectivity index is 0.00000426. The van der Waals surface area contributed by atoms with E-state index in [1.54, 1.807) is 0 Å². The van der Waals surface area contributed by atoms with Gasteiger partial charge < -0.3 is 5.48 Å². The molecule has 0 aliphatic carbocycles. The van der Waals surface area contributed by atoms with Gasteiger partial charge in [-0.1, -0.05) is 0 Å². The van der Waals surface area contributed by atoms with Gasteiger partial charge in [-0.3, -0.25) is 118 Å². The third kappa shape index (κ3) is 3.63. The van der Waals surface area contributed by atoms with Crippen LogP contribution >= 0.6 is 0 Å². The molecule has 2 N–H and O–H groups in total. The van der Waals surface area contributed by atoms with Crippen molar-refractivity contribution in [1.82, 2.24) is 118 Å². The summed E-state index contributed by atoms with van der Waals surface area (Å²) in [4.78, 5) is 213. The summed E-state index contributed by atoms with van der Waals surface area (Å²) in [5.41, 5.74) is 0. The van der Waals surface area contributed by atoms with E-state index in [9.17, 15) is 0 Å². The van der Waals surface area contributed by atoms with Gasteiger partial charge in [0.15, 0.2) is 74.0 Å². The van der Waals surface area contributed by atoms with Crippen LogP contribution in [0.2, 0.25) is 0 Å². The van der Waals surface area contributed by atoms with E-state index in [1.807, 2.05) is 0 Å². The van der Waals surface area contributed by atoms with Crippen molar-refractivity contribution in [2.45, 2.75) is 74.0 Å². The minimum atomic E-state index is -1.16. The molecule has 37 heteroatoms. The van der Waals surface area contributed by atoms with Crippen LogP contribution in [-0.4, -0.2) is 349 Å². The second-order valence-electron chi connectivity index (χ2n) is 21.3. The van der Waals surface area contributed by atoms with Crippen LogP contribution in [-0.2, 0) is 0 Å². The summed E-state index contributed by atoms with van der Waals surface area (Å²) in [6.07, 6.45) is -13.9. The van der Waals surface area contributed by atoms with Gasteiger partial charge in [-0.05, 0) is 0 Å². The van der Waals surface area contributed by atoms with E-state index in [4.69, 9.17) is 0 Å². The highest BCUT2D eigenvalue weighted by molar-refractivity contribution is 5.95. The summed E-state index contributed by atoms with van der Waals surface area (Å²) < 4.78 is 0. The SMILES string of the molecule is O.O=C1N2CN3C(=O)N4CN5C(=O)N6CN7C(=O)N8CN9C(=O)N%10CN%11C(=O)N%12CN1C1C2N2CN%13C(=O)N(CN%14C(=O)N(CN%15C(=O)N(CN%16C(=O)N(CN%17C(=O)N(CN1C2=O)C%12C%11%17)C%10C9%16)C8C7%15)C6C5%14)C4C3%13. The average Bonchev–Trinajstić information content (AvgIpc) is 4.23. The highest BCUT2D eigenvalue weighted by Gasteiger charge is 2.75. The van der Waals surface area contributed by atoms with E-state index in [0.717, 1.165) is 0 Å². The fourth-order valence-corrected chi connectivity index (χ4v) is 16.0. The predicted molar refractivity (Wildman–Crippen MR) is 216 cm³/mol. The highest BCUT2D eigenvalue weighted by atomic mass is 16.3. The largest absolute Gasteiger partial charge is 0.412 e. The lowest BCUT2D eigenvalue weighted by Crippen LogP contribution is -2.63. The summed E-state index contributed by atoms with van der Waals surface area (Å²) >= 11 is 0. The molecule has 0 atom stereocenters. The smallest absolute Gasteiger partial charge is 0.326 e. The van der Waals surface area contributed by atoms with Gasteiger partial charge in [0.1, 0.15) is 80.0 Å². The molecule has 18 fully saturated rings. The van der Waals surface area contributed by atoms with Crippen molar-refractivity contribution < 1.29 is 63.0 Å². The molecule has 0 aromatic heterocycles. The zero-order valence-electron chi connectivity index (χ0n) is 37.5. The lowest BCUT2D eigenvalue weighted by Gasteiger charge is -2.42. The van der Waals surface area contributed by atoms with Crippen LogP contribution in [0.3, 0.4) is 0 Å². The molecular formula is C36H38N24O13. The molecule has 0 saturated carbocycles. The number of carbonyl (C=O) groups excluding carboxylic acids is 12. The summed E-state index contributed by atoms with van der Waals surface area (Å²) in [5.74, 6) is 0. The normalized spacial score (nSPS) is 39.8. The van der Waals surface area contributed by atoms with E-state index in [2.05, 4.69) is 0 Å². The Kier molecular flexibility index (Phi) is 6.01. The van der Waals surface area contributed by atoms with Crippen LogP contribution in [0.15, 0.2) is 0 Å². The molecule has 37 nitrogen and oxygen atoms in total. The van der Waals surface area contributed by atoms with Gasteiger partial charge in [0.2, 0.25) is 0 Å². The van der Waals surface area contributed by atoms with Crippen molar-refractivity contribution in [3.8, 4) is 0 Å². The Morgan fingerprint density at radius 2 is 0.205 bits per heavy atom. The molecule has 0 bridgehead atoms. The summed E-state index contributed by atoms with van der Waals surface area (Å²) in [7, 11) is 0. The van der Waals surface area contributed by atoms with Gasteiger partial charge in [-0.15, -0.1) is 0 Å². The molecular weight excluding hydrogens is 977 g/mol. The Morgan fingerprint density at radius 3 is 0.260 bits per heavy atom. The number of hydrogen-bond donors (Lipinski definition) is 0. The number of amides is 24. The number of urea groups is 12. The van der Waals surface area contributed by atoms with Gasteiger partial charge in [0.25, 0.3) is 0 Å². The van der Waals surface area contributed by atoms with Crippen molar-refractivity contribution in [3.63, 3.8) is 0 Å². The van der Waals surface area contributed by atoms with Crippen molar-refractivity contribution in [1.29, 1.82) is 0 Å². The fourth-order valence-electron chi connectivity index (χ4n) is 16.0. The van der Waals surface area contributed by atoms with Crippen LogP contribution in [0.25, 0.3) is 0 Å². The Labute approximate surface area is 406 Å². The molecule has 0 aromatic carbocycles. The van der Waals surface area contributed by atoms with E-state index in [0.29, 0.717) is 0 Å². The Hall–Kier alpha value is -8.80. The maximum atomic E-state index is 15.1. The van der Waals surface area contributed by atoms with Crippen LogP contribution < -0.4 is 0 Å². The maximum Gasteiger partial charge on any atom is 0.326 e. The lowest BCUT2D eigenvalue weighted by atomic mass is 10.2. The molecule has 18 aliphatic heterocycles. The first-order valence-corrected chi connectivity index (χ1v) is 23.6. The first-order chi connectivity index (χ1) is 34.7. The molecule has 380 valence electrons. The zero-order chi connectivity index (χ0) is 48.2. The van der Waals surface area contributed by atoms with Crippen LogP contribution in [0.5, 0.6) is 0 Å². The molecule has 73 heavy (non-hydrogen) atoms. The first kappa shape index (κ1) is 38.9. The van der Waals surface area contributed by atoms with E-state index < -0.39 is 226 Å². The van der Waals surface area contributed by atoms with Gasteiger partial charge in [0.05, 0.1) is 0 Å². The predicted octanol–water partition coefficient (Wildman–Crippen LogP) is -6.49. The summed E-state index contributed by atoms with van der Waals surface area (Å²) in [6, 6.07) is -7.90. The van der Waals surface area contributed by atoms with Crippen LogP contribution in [0.4, 0.5) is 57.5 Å². The minimum Gasteiger partial charge on any atom is -0.412 e. The molecule has 24 amide bonds. The van der Waals surface area contributed by atoms with E-state index in [-0.39, 0.29) is 5.48 Å². The van der Waals surface area contributed by atoms with E-state index >= 15 is 57.5 Å². The third-order valence-corrected chi connectivity index (χ3v) is 18.8. The van der Waals surface area contributed by atoms with Gasteiger partial charge in [-0.25, -0.2) is 57.5 Å². The number of hydrogen-bond acceptors (Lipinski definition) is 12. The highest BCUT2D eigenvalue weighted by Crippen LogP contribution is 2.51. The summed E-state index contributed by atoms with van der Waals surface area (Å²) in [5, 5.41) is 0. The molecule has 0 spiro atoms. The second-order valence-corrected chi connectivity index (χ2v) is 21.3. The van der Waals surface area contributed by atoms with Crippen molar-refractivity contribution in [2.75, 3.05) is 80.0 Å². The first-order valence-electron chi connectivity index (χ1n) is 23.6. The minimum absolute atomic E-state index is 0. The zero-order valence-corrected chi connectivity index (χ0v) is 37.5. The number of nitrogens with zero attached hydrogens (tertiary/aromatic N) is 24. The number of rotatable bonds is 0. The van der Waals surface area contributed by atoms with Crippen molar-refractivity contribution >= 4 is 72.4 Å². The standard InChI is InChI=1S/C36H36N24O12.H2O/c61-25-37-1-38-14-16-42(26(38)62)4-46-18-20-50(30(46)66)8-54-22-24-58(34(54)70)11-57-23-21-53(33(57)69)7-49-19-17-45(29(49)65)3-41(25)15-13(37)39-2-40(14)28(64)44(16)6-48(18)32(68)52(20)10-56(22)36(72)60(24)12-59(23)35(71)55(21)9-51(19)31(67)47(17)5-43(15)27(39)63;/h13-24H,1-12H2;1H2. The van der Waals surface area contributed by atoms with Gasteiger partial charge in [-0.2, -0.15) is 0 Å². The molecule has 0 unspecified atom stereocenters. The Morgan fingerprint density at radius 1 is 0.151 bits per heavy atom. The monoisotopic (exact) mass is 1010 g/mol. The second kappa shape index (κ2) is 11.3. The molecule has 18 aliphatic rings. The van der Waals surface area contributed by atoms with E-state index in [1.165, 1.54) is 118 Å². The molecule has 0 radical (unpaired) electrons. The van der Waals surface area contributed by atoms with Gasteiger partial charge in [0, 0.05) is 0 Å². The van der Waals surface area contributed by atoms with Gasteiger partial charge >= 0.3 is 72.4 Å². The Bertz CT molecular complexity index is 2140. The van der Waals surface area contributed by atoms with Crippen molar-refractivity contribution in [2.24, 2.45) is 0 Å². The molecule has 18 saturated heterocycles. The maximum absolute atomic E-state index is 15.1. The molecule has 18 heterocycles. The topological polar surface area (TPSA) is 314 Å². The van der Waals surface area contributed by atoms with Crippen molar-refractivity contribution in [3.05, 3.63) is 0 Å². The quantitative estimate of drug-likeness (QED) is 0.219. The number of carbonyl (C=O) groups is 12.